The molecule has 0 bridgehead atoms. The van der Waals surface area contributed by atoms with Crippen molar-refractivity contribution in [1.29, 1.82) is 0 Å². The highest BCUT2D eigenvalue weighted by Gasteiger charge is 2.27. The number of ether oxygens (including phenoxy) is 1. The maximum absolute atomic E-state index is 9.00. The fraction of sp³-hybridized carbons (Fsp3) is 0.417. The summed E-state index contributed by atoms with van der Waals surface area (Å²) in [6, 6.07) is 7.16. The van der Waals surface area contributed by atoms with Gasteiger partial charge in [-0.05, 0) is 40.9 Å². The van der Waals surface area contributed by atoms with Gasteiger partial charge in [0.25, 0.3) is 0 Å². The van der Waals surface area contributed by atoms with E-state index in [9.17, 15) is 0 Å². The van der Waals surface area contributed by atoms with Crippen molar-refractivity contribution in [3.05, 3.63) is 24.3 Å². The lowest BCUT2D eigenvalue weighted by Gasteiger charge is -2.07. The van der Waals surface area contributed by atoms with Crippen LogP contribution in [0.15, 0.2) is 29.4 Å². The molecule has 0 saturated heterocycles. The first-order chi connectivity index (χ1) is 10.2. The quantitative estimate of drug-likeness (QED) is 0.418. The van der Waals surface area contributed by atoms with Crippen LogP contribution in [0, 0.1) is 0 Å². The van der Waals surface area contributed by atoms with Gasteiger partial charge in [-0.3, -0.25) is 0 Å². The molecule has 7 nitrogen and oxygen atoms in total. The molecule has 0 aliphatic heterocycles. The molecule has 0 spiro atoms. The van der Waals surface area contributed by atoms with Crippen LogP contribution in [-0.2, 0) is 0 Å². The van der Waals surface area contributed by atoms with Crippen molar-refractivity contribution in [2.24, 2.45) is 0 Å². The van der Waals surface area contributed by atoms with Crippen molar-refractivity contribution >= 4 is 24.3 Å². The molecule has 2 N–H and O–H groups in total. The van der Waals surface area contributed by atoms with Crippen LogP contribution in [0.3, 0.4) is 0 Å². The van der Waals surface area contributed by atoms with Gasteiger partial charge in [0.2, 0.25) is 5.16 Å². The molecule has 2 aromatic rings. The molecule has 1 saturated carbocycles. The van der Waals surface area contributed by atoms with E-state index in [1.807, 2.05) is 4.68 Å². The van der Waals surface area contributed by atoms with Gasteiger partial charge in [0, 0.05) is 5.75 Å². The predicted molar refractivity (Wildman–Crippen MR) is 78.6 cm³/mol. The van der Waals surface area contributed by atoms with Crippen molar-refractivity contribution in [1.82, 2.24) is 20.2 Å². The van der Waals surface area contributed by atoms with Gasteiger partial charge in [0.15, 0.2) is 0 Å². The monoisotopic (exact) mass is 306 g/mol. The third-order valence-electron chi connectivity index (χ3n) is 3.12. The van der Waals surface area contributed by atoms with Gasteiger partial charge in [-0.2, -0.15) is 0 Å². The molecule has 110 valence electrons. The van der Waals surface area contributed by atoms with Crippen LogP contribution in [0.4, 0.5) is 0 Å². The van der Waals surface area contributed by atoms with Gasteiger partial charge >= 0.3 is 7.12 Å². The highest BCUT2D eigenvalue weighted by Crippen LogP contribution is 2.36. The summed E-state index contributed by atoms with van der Waals surface area (Å²) in [5.74, 6) is 1.44. The average molecular weight is 306 g/mol. The Morgan fingerprint density at radius 2 is 2.05 bits per heavy atom. The standard InChI is InChI=1S/C12H15BN4O3S/c18-13(19)9-1-5-11(6-2-9)20-7-8-21-12-14-15-16-17(12)10-3-4-10/h1-2,5-6,10,18-19H,3-4,7-8H2. The predicted octanol–water partition coefficient (Wildman–Crippen LogP) is -0.141. The molecule has 1 aromatic heterocycles. The van der Waals surface area contributed by atoms with E-state index in [4.69, 9.17) is 14.8 Å². The van der Waals surface area contributed by atoms with Gasteiger partial charge in [-0.1, -0.05) is 23.9 Å². The number of rotatable bonds is 7. The fourth-order valence-corrected chi connectivity index (χ4v) is 2.62. The molecule has 0 unspecified atom stereocenters. The topological polar surface area (TPSA) is 93.3 Å². The Kier molecular flexibility index (Phi) is 4.42. The molecule has 1 fully saturated rings. The minimum atomic E-state index is -1.45. The lowest BCUT2D eigenvalue weighted by Crippen LogP contribution is -2.29. The minimum absolute atomic E-state index is 0.445. The molecule has 1 heterocycles. The molecule has 0 radical (unpaired) electrons. The largest absolute Gasteiger partial charge is 0.493 e. The second-order valence-electron chi connectivity index (χ2n) is 4.78. The van der Waals surface area contributed by atoms with Gasteiger partial charge < -0.3 is 14.8 Å². The Morgan fingerprint density at radius 1 is 1.29 bits per heavy atom. The van der Waals surface area contributed by atoms with Crippen LogP contribution in [0.25, 0.3) is 0 Å². The Hall–Kier alpha value is -1.58. The van der Waals surface area contributed by atoms with Crippen molar-refractivity contribution in [2.75, 3.05) is 12.4 Å². The average Bonchev–Trinajstić information content (AvgIpc) is 3.23. The highest BCUT2D eigenvalue weighted by atomic mass is 32.2. The first-order valence-corrected chi connectivity index (χ1v) is 7.72. The lowest BCUT2D eigenvalue weighted by atomic mass is 9.80. The maximum atomic E-state index is 9.00. The van der Waals surface area contributed by atoms with Gasteiger partial charge in [0.1, 0.15) is 5.75 Å². The van der Waals surface area contributed by atoms with E-state index in [0.29, 0.717) is 23.9 Å². The Labute approximate surface area is 126 Å². The van der Waals surface area contributed by atoms with Gasteiger partial charge in [0.05, 0.1) is 12.6 Å². The van der Waals surface area contributed by atoms with E-state index >= 15 is 0 Å². The molecule has 21 heavy (non-hydrogen) atoms. The SMILES string of the molecule is OB(O)c1ccc(OCCSc2nnnn2C2CC2)cc1. The summed E-state index contributed by atoms with van der Waals surface area (Å²) in [5.41, 5.74) is 0.445. The number of benzene rings is 1. The molecular formula is C12H15BN4O3S. The summed E-state index contributed by atoms with van der Waals surface area (Å²) in [6.07, 6.45) is 2.30. The molecule has 1 aliphatic carbocycles. The zero-order valence-electron chi connectivity index (χ0n) is 11.3. The molecule has 0 atom stereocenters. The molecule has 1 aromatic carbocycles. The van der Waals surface area contributed by atoms with E-state index in [-0.39, 0.29) is 0 Å². The third-order valence-corrected chi connectivity index (χ3v) is 4.01. The molecule has 9 heteroatoms. The van der Waals surface area contributed by atoms with Crippen molar-refractivity contribution in [3.63, 3.8) is 0 Å². The van der Waals surface area contributed by atoms with Crippen LogP contribution in [0.1, 0.15) is 18.9 Å². The van der Waals surface area contributed by atoms with E-state index in [0.717, 1.165) is 23.8 Å². The van der Waals surface area contributed by atoms with E-state index in [1.54, 1.807) is 36.0 Å². The summed E-state index contributed by atoms with van der Waals surface area (Å²) in [4.78, 5) is 0. The second-order valence-corrected chi connectivity index (χ2v) is 5.84. The number of aromatic nitrogens is 4. The van der Waals surface area contributed by atoms with Crippen molar-refractivity contribution < 1.29 is 14.8 Å². The van der Waals surface area contributed by atoms with E-state index in [1.165, 1.54) is 0 Å². The zero-order chi connectivity index (χ0) is 14.7. The second kappa shape index (κ2) is 6.46. The number of thioether (sulfide) groups is 1. The van der Waals surface area contributed by atoms with Crippen molar-refractivity contribution in [2.45, 2.75) is 24.0 Å². The molecule has 1 aliphatic rings. The van der Waals surface area contributed by atoms with Crippen LogP contribution in [-0.4, -0.2) is 49.7 Å². The smallest absolute Gasteiger partial charge is 0.488 e. The Morgan fingerprint density at radius 3 is 2.71 bits per heavy atom. The maximum Gasteiger partial charge on any atom is 0.488 e. The fourth-order valence-electron chi connectivity index (χ4n) is 1.86. The zero-order valence-corrected chi connectivity index (χ0v) is 12.1. The van der Waals surface area contributed by atoms with Gasteiger partial charge in [-0.25, -0.2) is 4.68 Å². The minimum Gasteiger partial charge on any atom is -0.493 e. The number of hydrogen-bond acceptors (Lipinski definition) is 7. The van der Waals surface area contributed by atoms with Crippen molar-refractivity contribution in [3.8, 4) is 5.75 Å². The van der Waals surface area contributed by atoms with Crippen LogP contribution in [0.5, 0.6) is 5.75 Å². The first kappa shape index (κ1) is 14.4. The van der Waals surface area contributed by atoms with Crippen LogP contribution < -0.4 is 10.2 Å². The Bertz CT molecular complexity index is 588. The Balaban J connectivity index is 1.44. The summed E-state index contributed by atoms with van der Waals surface area (Å²) in [7, 11) is -1.45. The summed E-state index contributed by atoms with van der Waals surface area (Å²) in [5, 5.41) is 30.5. The number of nitrogens with zero attached hydrogens (tertiary/aromatic N) is 4. The summed E-state index contributed by atoms with van der Waals surface area (Å²) in [6.45, 7) is 0.531. The van der Waals surface area contributed by atoms with Crippen LogP contribution >= 0.6 is 11.8 Å². The van der Waals surface area contributed by atoms with Crippen LogP contribution in [0.2, 0.25) is 0 Å². The third kappa shape index (κ3) is 3.75. The molecule has 0 amide bonds. The summed E-state index contributed by atoms with van der Waals surface area (Å²) < 4.78 is 7.47. The van der Waals surface area contributed by atoms with Gasteiger partial charge in [-0.15, -0.1) is 5.10 Å². The highest BCUT2D eigenvalue weighted by molar-refractivity contribution is 7.99. The van der Waals surface area contributed by atoms with E-state index in [2.05, 4.69) is 15.5 Å². The molecule has 3 rings (SSSR count). The lowest BCUT2D eigenvalue weighted by molar-refractivity contribution is 0.344. The number of hydrogen-bond donors (Lipinski definition) is 2. The number of tetrazole rings is 1. The molecular weight excluding hydrogens is 291 g/mol. The normalized spacial score (nSPS) is 14.2. The van der Waals surface area contributed by atoms with E-state index < -0.39 is 7.12 Å². The first-order valence-electron chi connectivity index (χ1n) is 6.73. The summed E-state index contributed by atoms with van der Waals surface area (Å²) >= 11 is 1.57.